The Hall–Kier alpha value is -3.34. The number of hydrogen-bond acceptors (Lipinski definition) is 8. The van der Waals surface area contributed by atoms with E-state index in [-0.39, 0.29) is 12.0 Å². The number of thioether (sulfide) groups is 1. The third kappa shape index (κ3) is 4.60. The van der Waals surface area contributed by atoms with Gasteiger partial charge in [0.15, 0.2) is 0 Å². The van der Waals surface area contributed by atoms with Gasteiger partial charge in [-0.3, -0.25) is 14.7 Å². The quantitative estimate of drug-likeness (QED) is 0.524. The second kappa shape index (κ2) is 9.51. The van der Waals surface area contributed by atoms with Gasteiger partial charge in [0.1, 0.15) is 11.4 Å². The van der Waals surface area contributed by atoms with Gasteiger partial charge in [0.05, 0.1) is 36.7 Å². The van der Waals surface area contributed by atoms with Crippen LogP contribution in [0.15, 0.2) is 53.6 Å². The molecule has 10 heteroatoms. The number of likely N-dealkylation sites (tertiary alicyclic amines) is 1. The molecule has 9 nitrogen and oxygen atoms in total. The summed E-state index contributed by atoms with van der Waals surface area (Å²) in [5.74, 6) is 1.09. The van der Waals surface area contributed by atoms with Gasteiger partial charge in [0.25, 0.3) is 0 Å². The lowest BCUT2D eigenvalue weighted by Gasteiger charge is -2.38. The highest BCUT2D eigenvalue weighted by atomic mass is 32.2. The van der Waals surface area contributed by atoms with Crippen LogP contribution in [-0.4, -0.2) is 71.6 Å². The Bertz CT molecular complexity index is 1370. The van der Waals surface area contributed by atoms with Crippen LogP contribution in [-0.2, 0) is 9.53 Å². The summed E-state index contributed by atoms with van der Waals surface area (Å²) < 4.78 is 11.3. The zero-order chi connectivity index (χ0) is 25.6. The molecule has 37 heavy (non-hydrogen) atoms. The van der Waals surface area contributed by atoms with Gasteiger partial charge in [0.2, 0.25) is 5.91 Å². The number of carbonyl (C=O) groups excluding carboxylic acids is 2. The molecule has 1 atom stereocenters. The van der Waals surface area contributed by atoms with Crippen molar-refractivity contribution in [3.63, 3.8) is 0 Å². The average Bonchev–Trinajstić information content (AvgIpc) is 3.24. The summed E-state index contributed by atoms with van der Waals surface area (Å²) in [5, 5.41) is 14.9. The van der Waals surface area contributed by atoms with Crippen LogP contribution in [0, 0.1) is 0 Å². The highest BCUT2D eigenvalue weighted by Crippen LogP contribution is 2.39. The van der Waals surface area contributed by atoms with Gasteiger partial charge < -0.3 is 24.8 Å². The molecule has 4 heterocycles. The lowest BCUT2D eigenvalue weighted by Crippen LogP contribution is -2.47. The Balaban J connectivity index is 1.12. The number of β-amino-alcohol motifs (C(OH)–C–C–N with tert-alkyl or cyclic N) is 1. The summed E-state index contributed by atoms with van der Waals surface area (Å²) in [6, 6.07) is 13.2. The summed E-state index contributed by atoms with van der Waals surface area (Å²) in [6.45, 7) is 2.37. The second-order valence-electron chi connectivity index (χ2n) is 9.75. The zero-order valence-corrected chi connectivity index (χ0v) is 21.3. The first-order valence-electron chi connectivity index (χ1n) is 12.3. The van der Waals surface area contributed by atoms with Crippen molar-refractivity contribution in [3.8, 4) is 5.75 Å². The predicted molar refractivity (Wildman–Crippen MR) is 141 cm³/mol. The topological polar surface area (TPSA) is 104 Å². The number of aliphatic hydroxyl groups is 1. The van der Waals surface area contributed by atoms with E-state index in [1.807, 2.05) is 42.5 Å². The van der Waals surface area contributed by atoms with Crippen molar-refractivity contribution < 1.29 is 24.2 Å². The van der Waals surface area contributed by atoms with Crippen molar-refractivity contribution in [2.45, 2.75) is 29.4 Å². The third-order valence-corrected chi connectivity index (χ3v) is 8.49. The summed E-state index contributed by atoms with van der Waals surface area (Å²) in [4.78, 5) is 33.9. The van der Waals surface area contributed by atoms with Crippen LogP contribution in [0.1, 0.15) is 24.5 Å². The molecule has 192 valence electrons. The van der Waals surface area contributed by atoms with E-state index in [4.69, 9.17) is 9.47 Å². The average molecular weight is 521 g/mol. The Kier molecular flexibility index (Phi) is 6.18. The molecule has 2 saturated heterocycles. The highest BCUT2D eigenvalue weighted by Gasteiger charge is 2.47. The van der Waals surface area contributed by atoms with Crippen LogP contribution < -0.4 is 15.0 Å². The first kappa shape index (κ1) is 24.0. The lowest BCUT2D eigenvalue weighted by molar-refractivity contribution is -0.113. The number of fused-ring (bicyclic) bond motifs is 2. The fourth-order valence-corrected chi connectivity index (χ4v) is 6.16. The predicted octanol–water partition coefficient (Wildman–Crippen LogP) is 3.81. The Morgan fingerprint density at radius 2 is 2.03 bits per heavy atom. The molecule has 0 aliphatic carbocycles. The molecule has 2 N–H and O–H groups in total. The van der Waals surface area contributed by atoms with E-state index in [1.165, 1.54) is 11.8 Å². The van der Waals surface area contributed by atoms with E-state index >= 15 is 0 Å². The minimum atomic E-state index is -0.683. The number of aromatic nitrogens is 1. The van der Waals surface area contributed by atoms with Gasteiger partial charge in [0, 0.05) is 54.6 Å². The van der Waals surface area contributed by atoms with Crippen molar-refractivity contribution in [2.75, 3.05) is 49.3 Å². The van der Waals surface area contributed by atoms with E-state index in [0.29, 0.717) is 44.8 Å². The van der Waals surface area contributed by atoms with Crippen molar-refractivity contribution in [2.24, 2.45) is 0 Å². The second-order valence-corrected chi connectivity index (χ2v) is 10.8. The molecule has 0 radical (unpaired) electrons. The molecule has 6 rings (SSSR count). The summed E-state index contributed by atoms with van der Waals surface area (Å²) >= 11 is 1.49. The maximum absolute atomic E-state index is 12.8. The number of rotatable bonds is 5. The number of nitrogens with zero attached hydrogens (tertiary/aromatic N) is 3. The van der Waals surface area contributed by atoms with Gasteiger partial charge in [-0.15, -0.1) is 11.8 Å². The van der Waals surface area contributed by atoms with Crippen molar-refractivity contribution in [3.05, 3.63) is 54.2 Å². The van der Waals surface area contributed by atoms with Gasteiger partial charge >= 0.3 is 6.09 Å². The number of amides is 2. The van der Waals surface area contributed by atoms with E-state index in [1.54, 1.807) is 18.2 Å². The molecular formula is C27H28N4O5S. The molecule has 1 spiro atoms. The largest absolute Gasteiger partial charge is 0.497 e. The minimum Gasteiger partial charge on any atom is -0.497 e. The molecule has 3 aliphatic rings. The number of benzene rings is 2. The van der Waals surface area contributed by atoms with Crippen molar-refractivity contribution >= 4 is 46.0 Å². The van der Waals surface area contributed by atoms with Crippen LogP contribution in [0.2, 0.25) is 0 Å². The first-order chi connectivity index (χ1) is 17.9. The SMILES string of the molecule is COc1ccc2nccc(C(O)CN3CCC4(CC3)CN(c3ccc5c(c3)NC(=O)CS5)C(=O)O4)c2c1. The van der Waals surface area contributed by atoms with Crippen LogP contribution in [0.3, 0.4) is 0 Å². The van der Waals surface area contributed by atoms with E-state index in [9.17, 15) is 14.7 Å². The number of carbonyl (C=O) groups is 2. The molecule has 2 fully saturated rings. The number of nitrogens with one attached hydrogen (secondary N) is 1. The standard InChI is InChI=1S/C27H28N4O5S/c1-35-18-3-4-21-20(13-18)19(6-9-28-21)23(32)14-30-10-7-27(8-11-30)16-31(26(34)36-27)17-2-5-24-22(12-17)29-25(33)15-37-24/h2-6,9,12-13,23,32H,7-8,10-11,14-16H2,1H3,(H,29,33). The molecule has 1 unspecified atom stereocenters. The third-order valence-electron chi connectivity index (χ3n) is 7.42. The zero-order valence-electron chi connectivity index (χ0n) is 20.5. The summed E-state index contributed by atoms with van der Waals surface area (Å²) in [6.07, 6.45) is 2.04. The van der Waals surface area contributed by atoms with Crippen molar-refractivity contribution in [1.82, 2.24) is 9.88 Å². The number of aliphatic hydroxyl groups excluding tert-OH is 1. The highest BCUT2D eigenvalue weighted by molar-refractivity contribution is 8.00. The van der Waals surface area contributed by atoms with Crippen LogP contribution >= 0.6 is 11.8 Å². The number of pyridine rings is 1. The first-order valence-corrected chi connectivity index (χ1v) is 13.3. The van der Waals surface area contributed by atoms with E-state index < -0.39 is 11.7 Å². The normalized spacial score (nSPS) is 20.0. The monoisotopic (exact) mass is 520 g/mol. The number of ether oxygens (including phenoxy) is 2. The van der Waals surface area contributed by atoms with Gasteiger partial charge in [-0.05, 0) is 48.0 Å². The number of hydrogen-bond donors (Lipinski definition) is 2. The van der Waals surface area contributed by atoms with Crippen LogP contribution in [0.5, 0.6) is 5.75 Å². The van der Waals surface area contributed by atoms with Crippen LogP contribution in [0.25, 0.3) is 10.9 Å². The molecule has 1 aromatic heterocycles. The molecule has 2 amide bonds. The number of anilines is 2. The Morgan fingerprint density at radius 1 is 1.19 bits per heavy atom. The summed E-state index contributed by atoms with van der Waals surface area (Å²) in [7, 11) is 1.62. The van der Waals surface area contributed by atoms with Gasteiger partial charge in [-0.1, -0.05) is 0 Å². The maximum atomic E-state index is 12.8. The molecule has 2 aromatic carbocycles. The fraction of sp³-hybridized carbons (Fsp3) is 0.370. The Morgan fingerprint density at radius 3 is 2.84 bits per heavy atom. The van der Waals surface area contributed by atoms with E-state index in [2.05, 4.69) is 15.2 Å². The Labute approximate surface area is 218 Å². The van der Waals surface area contributed by atoms with Gasteiger partial charge in [-0.2, -0.15) is 0 Å². The molecule has 3 aromatic rings. The number of methoxy groups -OCH3 is 1. The fourth-order valence-electron chi connectivity index (χ4n) is 5.37. The molecule has 3 aliphatic heterocycles. The van der Waals surface area contributed by atoms with Crippen molar-refractivity contribution in [1.29, 1.82) is 0 Å². The maximum Gasteiger partial charge on any atom is 0.415 e. The molecule has 0 bridgehead atoms. The van der Waals surface area contributed by atoms with Crippen LogP contribution in [0.4, 0.5) is 16.2 Å². The summed E-state index contributed by atoms with van der Waals surface area (Å²) in [5.41, 5.74) is 2.54. The van der Waals surface area contributed by atoms with E-state index in [0.717, 1.165) is 38.5 Å². The molecular weight excluding hydrogens is 492 g/mol. The minimum absolute atomic E-state index is 0.0384. The molecule has 0 saturated carbocycles. The lowest BCUT2D eigenvalue weighted by atomic mass is 9.90. The number of piperidine rings is 1. The van der Waals surface area contributed by atoms with Gasteiger partial charge in [-0.25, -0.2) is 4.79 Å². The smallest absolute Gasteiger partial charge is 0.415 e.